The zero-order valence-electron chi connectivity index (χ0n) is 19.7. The molecule has 0 amide bonds. The van der Waals surface area contributed by atoms with E-state index >= 15 is 0 Å². The first-order valence-electron chi connectivity index (χ1n) is 11.8. The maximum absolute atomic E-state index is 13.3. The van der Waals surface area contributed by atoms with E-state index in [1.807, 2.05) is 37.3 Å². The van der Waals surface area contributed by atoms with Crippen LogP contribution in [0.2, 0.25) is 5.28 Å². The molecule has 0 fully saturated rings. The summed E-state index contributed by atoms with van der Waals surface area (Å²) in [6.07, 6.45) is 5.46. The molecule has 0 aliphatic rings. The third-order valence-corrected chi connectivity index (χ3v) is 6.10. The quantitative estimate of drug-likeness (QED) is 0.304. The zero-order chi connectivity index (χ0) is 24.1. The van der Waals surface area contributed by atoms with E-state index in [1.165, 1.54) is 4.57 Å². The number of aryl methyl sites for hydroxylation is 3. The highest BCUT2D eigenvalue weighted by Gasteiger charge is 2.20. The number of imidazole rings is 1. The number of hydrogen-bond donors (Lipinski definition) is 0. The molecule has 0 aliphatic heterocycles. The molecule has 34 heavy (non-hydrogen) atoms. The minimum atomic E-state index is -0.344. The molecule has 0 spiro atoms. The highest BCUT2D eigenvalue weighted by atomic mass is 35.5. The summed E-state index contributed by atoms with van der Waals surface area (Å²) in [5, 5.41) is 4.78. The van der Waals surface area contributed by atoms with Crippen molar-refractivity contribution in [1.29, 1.82) is 0 Å². The number of benzene rings is 1. The Balaban J connectivity index is 1.56. The van der Waals surface area contributed by atoms with Gasteiger partial charge in [0.25, 0.3) is 5.56 Å². The second-order valence-electron chi connectivity index (χ2n) is 8.39. The van der Waals surface area contributed by atoms with Crippen LogP contribution in [-0.2, 0) is 32.6 Å². The Morgan fingerprint density at radius 1 is 0.882 bits per heavy atom. The Hall–Kier alpha value is -3.20. The first-order valence-corrected chi connectivity index (χ1v) is 12.2. The van der Waals surface area contributed by atoms with Gasteiger partial charge < -0.3 is 4.57 Å². The molecular formula is C24H30ClN7O2. The molecule has 9 nitrogen and oxygen atoms in total. The van der Waals surface area contributed by atoms with Crippen molar-refractivity contribution in [2.45, 2.75) is 72.1 Å². The van der Waals surface area contributed by atoms with Gasteiger partial charge in [-0.2, -0.15) is 10.1 Å². The summed E-state index contributed by atoms with van der Waals surface area (Å²) in [6.45, 7) is 5.97. The second-order valence-corrected chi connectivity index (χ2v) is 8.73. The zero-order valence-corrected chi connectivity index (χ0v) is 20.4. The van der Waals surface area contributed by atoms with Crippen LogP contribution in [0, 0.1) is 0 Å². The Bertz CT molecular complexity index is 1370. The summed E-state index contributed by atoms with van der Waals surface area (Å²) < 4.78 is 6.37. The van der Waals surface area contributed by atoms with Crippen LogP contribution in [0.15, 0.2) is 46.2 Å². The fraction of sp³-hybridized carbons (Fsp3) is 0.458. The molecule has 4 aromatic rings. The molecular weight excluding hydrogens is 454 g/mol. The molecule has 10 heteroatoms. The van der Waals surface area contributed by atoms with Crippen molar-refractivity contribution in [1.82, 2.24) is 33.4 Å². The normalized spacial score (nSPS) is 11.5. The van der Waals surface area contributed by atoms with Gasteiger partial charge in [-0.1, -0.05) is 50.6 Å². The van der Waals surface area contributed by atoms with Gasteiger partial charge in [0, 0.05) is 32.6 Å². The second kappa shape index (κ2) is 10.8. The van der Waals surface area contributed by atoms with E-state index in [4.69, 9.17) is 11.6 Å². The minimum Gasteiger partial charge on any atom is -0.309 e. The topological polar surface area (TPSA) is 92.5 Å². The predicted molar refractivity (Wildman–Crippen MR) is 132 cm³/mol. The maximum Gasteiger partial charge on any atom is 0.332 e. The highest BCUT2D eigenvalue weighted by molar-refractivity contribution is 6.29. The molecule has 0 atom stereocenters. The summed E-state index contributed by atoms with van der Waals surface area (Å²) in [7, 11) is 0. The SMILES string of the molecule is CCCCn1c(=O)n(CCCn2cnc(Cc3ccccc3)n2)c(=O)c2c1nc(Cl)n2CCC. The first-order chi connectivity index (χ1) is 16.5. The van der Waals surface area contributed by atoms with Crippen LogP contribution in [0.5, 0.6) is 0 Å². The van der Waals surface area contributed by atoms with Crippen LogP contribution in [0.3, 0.4) is 0 Å². The lowest BCUT2D eigenvalue weighted by molar-refractivity contribution is 0.486. The number of unbranched alkanes of at least 4 members (excludes halogenated alkanes) is 1. The minimum absolute atomic E-state index is 0.241. The van der Waals surface area contributed by atoms with Crippen molar-refractivity contribution >= 4 is 22.8 Å². The van der Waals surface area contributed by atoms with Gasteiger partial charge in [-0.15, -0.1) is 0 Å². The summed E-state index contributed by atoms with van der Waals surface area (Å²) in [4.78, 5) is 35.3. The summed E-state index contributed by atoms with van der Waals surface area (Å²) in [6, 6.07) is 10.1. The highest BCUT2D eigenvalue weighted by Crippen LogP contribution is 2.17. The Labute approximate surface area is 202 Å². The molecule has 180 valence electrons. The van der Waals surface area contributed by atoms with Gasteiger partial charge in [0.05, 0.1) is 0 Å². The smallest absolute Gasteiger partial charge is 0.309 e. The molecule has 0 unspecified atom stereocenters. The molecule has 4 rings (SSSR count). The Morgan fingerprint density at radius 2 is 1.65 bits per heavy atom. The predicted octanol–water partition coefficient (Wildman–Crippen LogP) is 3.50. The standard InChI is InChI=1S/C24H30ClN7O2/c1-3-5-14-31-21-20(30(12-4-2)23(25)27-21)22(33)32(24(31)34)15-9-13-29-17-26-19(28-29)16-18-10-7-6-8-11-18/h6-8,10-11,17H,3-5,9,12-16H2,1-2H3. The van der Waals surface area contributed by atoms with E-state index in [0.29, 0.717) is 43.6 Å². The molecule has 0 saturated heterocycles. The average molecular weight is 484 g/mol. The van der Waals surface area contributed by atoms with Crippen molar-refractivity contribution in [3.63, 3.8) is 0 Å². The van der Waals surface area contributed by atoms with Gasteiger partial charge >= 0.3 is 5.69 Å². The first kappa shape index (κ1) is 23.9. The average Bonchev–Trinajstić information content (AvgIpc) is 3.41. The van der Waals surface area contributed by atoms with Crippen molar-refractivity contribution in [3.05, 3.63) is 74.2 Å². The van der Waals surface area contributed by atoms with Crippen LogP contribution in [0.4, 0.5) is 0 Å². The van der Waals surface area contributed by atoms with Crippen LogP contribution in [0.1, 0.15) is 50.9 Å². The fourth-order valence-electron chi connectivity index (χ4n) is 4.10. The summed E-state index contributed by atoms with van der Waals surface area (Å²) in [5.74, 6) is 0.741. The molecule has 3 heterocycles. The van der Waals surface area contributed by atoms with E-state index < -0.39 is 0 Å². The lowest BCUT2D eigenvalue weighted by Crippen LogP contribution is -2.41. The van der Waals surface area contributed by atoms with Gasteiger partial charge in [-0.05, 0) is 36.4 Å². The fourth-order valence-corrected chi connectivity index (χ4v) is 4.35. The lowest BCUT2D eigenvalue weighted by Gasteiger charge is -2.12. The number of halogens is 1. The number of fused-ring (bicyclic) bond motifs is 1. The number of aromatic nitrogens is 7. The monoisotopic (exact) mass is 483 g/mol. The van der Waals surface area contributed by atoms with Gasteiger partial charge in [0.1, 0.15) is 6.33 Å². The molecule has 0 radical (unpaired) electrons. The van der Waals surface area contributed by atoms with E-state index in [0.717, 1.165) is 30.7 Å². The van der Waals surface area contributed by atoms with Crippen molar-refractivity contribution in [2.24, 2.45) is 0 Å². The van der Waals surface area contributed by atoms with Crippen LogP contribution < -0.4 is 11.2 Å². The summed E-state index contributed by atoms with van der Waals surface area (Å²) >= 11 is 6.34. The van der Waals surface area contributed by atoms with Gasteiger partial charge in [-0.3, -0.25) is 18.6 Å². The van der Waals surface area contributed by atoms with E-state index in [2.05, 4.69) is 22.0 Å². The van der Waals surface area contributed by atoms with Gasteiger partial charge in [-0.25, -0.2) is 9.78 Å². The lowest BCUT2D eigenvalue weighted by atomic mass is 10.1. The Morgan fingerprint density at radius 3 is 2.38 bits per heavy atom. The van der Waals surface area contributed by atoms with Gasteiger partial charge in [0.15, 0.2) is 17.0 Å². The third-order valence-electron chi connectivity index (χ3n) is 5.81. The Kier molecular flexibility index (Phi) is 7.62. The summed E-state index contributed by atoms with van der Waals surface area (Å²) in [5.41, 5.74) is 1.24. The molecule has 0 saturated carbocycles. The van der Waals surface area contributed by atoms with E-state index in [-0.39, 0.29) is 23.1 Å². The molecule has 0 bridgehead atoms. The third kappa shape index (κ3) is 4.99. The van der Waals surface area contributed by atoms with E-state index in [9.17, 15) is 9.59 Å². The van der Waals surface area contributed by atoms with Gasteiger partial charge in [0.2, 0.25) is 5.28 Å². The largest absolute Gasteiger partial charge is 0.332 e. The number of rotatable bonds is 11. The van der Waals surface area contributed by atoms with Crippen molar-refractivity contribution in [3.8, 4) is 0 Å². The van der Waals surface area contributed by atoms with Crippen LogP contribution >= 0.6 is 11.6 Å². The number of hydrogen-bond acceptors (Lipinski definition) is 5. The molecule has 1 aromatic carbocycles. The maximum atomic E-state index is 13.3. The van der Waals surface area contributed by atoms with Crippen LogP contribution in [-0.4, -0.2) is 33.4 Å². The molecule has 3 aromatic heterocycles. The van der Waals surface area contributed by atoms with Crippen molar-refractivity contribution < 1.29 is 0 Å². The van der Waals surface area contributed by atoms with E-state index in [1.54, 1.807) is 20.1 Å². The molecule has 0 N–H and O–H groups in total. The van der Waals surface area contributed by atoms with Crippen LogP contribution in [0.25, 0.3) is 11.2 Å². The van der Waals surface area contributed by atoms with Crippen molar-refractivity contribution in [2.75, 3.05) is 0 Å². The number of nitrogens with zero attached hydrogens (tertiary/aromatic N) is 7. The molecule has 0 aliphatic carbocycles.